The van der Waals surface area contributed by atoms with Gasteiger partial charge in [-0.05, 0) is 35.9 Å². The summed E-state index contributed by atoms with van der Waals surface area (Å²) in [5, 5.41) is 7.61. The van der Waals surface area contributed by atoms with Crippen molar-refractivity contribution in [3.63, 3.8) is 0 Å². The maximum absolute atomic E-state index is 13.3. The number of hydrogen-bond donors (Lipinski definition) is 2. The van der Waals surface area contributed by atoms with E-state index in [2.05, 4.69) is 5.32 Å². The molecule has 2 aromatic rings. The predicted octanol–water partition coefficient (Wildman–Crippen LogP) is 1.41. The van der Waals surface area contributed by atoms with Gasteiger partial charge in [0.1, 0.15) is 11.6 Å². The van der Waals surface area contributed by atoms with Crippen molar-refractivity contribution < 1.29 is 22.3 Å². The maximum Gasteiger partial charge on any atom is 0.255 e. The number of ether oxygens (including phenoxy) is 1. The number of nitrogens with one attached hydrogen (secondary N) is 1. The van der Waals surface area contributed by atoms with Crippen molar-refractivity contribution in [1.82, 2.24) is 5.32 Å². The molecule has 8 heteroatoms. The molecule has 6 nitrogen and oxygen atoms in total. The van der Waals surface area contributed by atoms with Gasteiger partial charge in [0, 0.05) is 6.54 Å². The summed E-state index contributed by atoms with van der Waals surface area (Å²) < 4.78 is 40.6. The van der Waals surface area contributed by atoms with Gasteiger partial charge in [-0.25, -0.2) is 17.9 Å². The molecule has 0 bridgehead atoms. The number of primary sulfonamides is 1. The van der Waals surface area contributed by atoms with Crippen molar-refractivity contribution >= 4 is 15.9 Å². The fourth-order valence-corrected chi connectivity index (χ4v) is 2.45. The number of carbonyl (C=O) groups is 1. The molecule has 0 aliphatic rings. The maximum atomic E-state index is 13.3. The number of rotatable bonds is 5. The normalized spacial score (nSPS) is 11.1. The first kappa shape index (κ1) is 16.9. The first-order valence-corrected chi connectivity index (χ1v) is 8.09. The Balaban J connectivity index is 2.09. The van der Waals surface area contributed by atoms with Gasteiger partial charge in [0.25, 0.3) is 5.91 Å². The molecule has 2 aromatic carbocycles. The first-order chi connectivity index (χ1) is 10.8. The van der Waals surface area contributed by atoms with Crippen molar-refractivity contribution in [2.75, 3.05) is 7.11 Å². The molecule has 3 N–H and O–H groups in total. The molecule has 0 saturated heterocycles. The molecular formula is C15H15FN2O4S. The molecule has 0 fully saturated rings. The Morgan fingerprint density at radius 3 is 2.43 bits per heavy atom. The summed E-state index contributed by atoms with van der Waals surface area (Å²) in [7, 11) is -2.37. The van der Waals surface area contributed by atoms with Gasteiger partial charge in [-0.2, -0.15) is 0 Å². The van der Waals surface area contributed by atoms with E-state index in [1.807, 2.05) is 0 Å². The smallest absolute Gasteiger partial charge is 0.255 e. The van der Waals surface area contributed by atoms with E-state index in [0.29, 0.717) is 5.56 Å². The van der Waals surface area contributed by atoms with Crippen LogP contribution in [0.2, 0.25) is 0 Å². The second kappa shape index (κ2) is 6.76. The van der Waals surface area contributed by atoms with Crippen molar-refractivity contribution in [2.24, 2.45) is 5.14 Å². The highest BCUT2D eigenvalue weighted by Crippen LogP contribution is 2.19. The van der Waals surface area contributed by atoms with Crippen LogP contribution in [0.5, 0.6) is 5.75 Å². The van der Waals surface area contributed by atoms with E-state index < -0.39 is 21.7 Å². The summed E-state index contributed by atoms with van der Waals surface area (Å²) in [4.78, 5) is 12.1. The van der Waals surface area contributed by atoms with Gasteiger partial charge in [-0.3, -0.25) is 4.79 Å². The van der Waals surface area contributed by atoms with Crippen LogP contribution in [0.15, 0.2) is 47.4 Å². The third kappa shape index (κ3) is 4.27. The predicted molar refractivity (Wildman–Crippen MR) is 81.9 cm³/mol. The van der Waals surface area contributed by atoms with Gasteiger partial charge in [0.15, 0.2) is 0 Å². The molecule has 0 aromatic heterocycles. The SMILES string of the molecule is COc1ccc(F)cc1C(=O)NCc1ccc(S(N)(=O)=O)cc1. The van der Waals surface area contributed by atoms with Crippen molar-refractivity contribution in [3.8, 4) is 5.75 Å². The number of amides is 1. The standard InChI is InChI=1S/C15H15FN2O4S/c1-22-14-7-4-11(16)8-13(14)15(19)18-9-10-2-5-12(6-3-10)23(17,20)21/h2-8H,9H2,1H3,(H,18,19)(H2,17,20,21). The molecule has 0 radical (unpaired) electrons. The average Bonchev–Trinajstić information content (AvgIpc) is 2.52. The van der Waals surface area contributed by atoms with Crippen LogP contribution >= 0.6 is 0 Å². The summed E-state index contributed by atoms with van der Waals surface area (Å²) in [6.07, 6.45) is 0. The quantitative estimate of drug-likeness (QED) is 0.861. The minimum atomic E-state index is -3.75. The van der Waals surface area contributed by atoms with E-state index in [9.17, 15) is 17.6 Å². The van der Waals surface area contributed by atoms with Crippen LogP contribution in [0.25, 0.3) is 0 Å². The molecule has 2 rings (SSSR count). The average molecular weight is 338 g/mol. The number of halogens is 1. The Kier molecular flexibility index (Phi) is 4.97. The third-order valence-corrected chi connectivity index (χ3v) is 4.04. The first-order valence-electron chi connectivity index (χ1n) is 6.55. The van der Waals surface area contributed by atoms with Crippen LogP contribution < -0.4 is 15.2 Å². The zero-order chi connectivity index (χ0) is 17.0. The van der Waals surface area contributed by atoms with Gasteiger partial charge < -0.3 is 10.1 Å². The van der Waals surface area contributed by atoms with Crippen LogP contribution in [0, 0.1) is 5.82 Å². The second-order valence-electron chi connectivity index (χ2n) is 4.72. The summed E-state index contributed by atoms with van der Waals surface area (Å²) in [6, 6.07) is 9.40. The molecular weight excluding hydrogens is 323 g/mol. The largest absolute Gasteiger partial charge is 0.496 e. The van der Waals surface area contributed by atoms with E-state index in [1.165, 1.54) is 43.5 Å². The van der Waals surface area contributed by atoms with Crippen LogP contribution in [0.4, 0.5) is 4.39 Å². The monoisotopic (exact) mass is 338 g/mol. The number of hydrogen-bond acceptors (Lipinski definition) is 4. The van der Waals surface area contributed by atoms with Gasteiger partial charge in [0.05, 0.1) is 17.6 Å². The van der Waals surface area contributed by atoms with Gasteiger partial charge >= 0.3 is 0 Å². The van der Waals surface area contributed by atoms with Crippen molar-refractivity contribution in [3.05, 3.63) is 59.4 Å². The fourth-order valence-electron chi connectivity index (χ4n) is 1.93. The van der Waals surface area contributed by atoms with Crippen LogP contribution in [0.3, 0.4) is 0 Å². The van der Waals surface area contributed by atoms with Gasteiger partial charge in [-0.1, -0.05) is 12.1 Å². The minimum Gasteiger partial charge on any atom is -0.496 e. The Hall–Kier alpha value is -2.45. The molecule has 0 atom stereocenters. The highest BCUT2D eigenvalue weighted by atomic mass is 32.2. The van der Waals surface area contributed by atoms with Crippen molar-refractivity contribution in [1.29, 1.82) is 0 Å². The number of benzene rings is 2. The van der Waals surface area contributed by atoms with E-state index in [0.717, 1.165) is 6.07 Å². The Morgan fingerprint density at radius 2 is 1.87 bits per heavy atom. The van der Waals surface area contributed by atoms with Crippen LogP contribution in [-0.2, 0) is 16.6 Å². The number of sulfonamides is 1. The van der Waals surface area contributed by atoms with Crippen LogP contribution in [0.1, 0.15) is 15.9 Å². The summed E-state index contributed by atoms with van der Waals surface area (Å²) in [5.74, 6) is -0.793. The van der Waals surface area contributed by atoms with Gasteiger partial charge in [0.2, 0.25) is 10.0 Å². The highest BCUT2D eigenvalue weighted by Gasteiger charge is 2.13. The lowest BCUT2D eigenvalue weighted by atomic mass is 10.1. The number of carbonyl (C=O) groups excluding carboxylic acids is 1. The van der Waals surface area contributed by atoms with E-state index in [1.54, 1.807) is 0 Å². The molecule has 1 amide bonds. The fraction of sp³-hybridized carbons (Fsp3) is 0.133. The van der Waals surface area contributed by atoms with E-state index in [4.69, 9.17) is 9.88 Å². The molecule has 0 saturated carbocycles. The molecule has 23 heavy (non-hydrogen) atoms. The lowest BCUT2D eigenvalue weighted by molar-refractivity contribution is 0.0947. The Morgan fingerprint density at radius 1 is 1.22 bits per heavy atom. The van der Waals surface area contributed by atoms with E-state index in [-0.39, 0.29) is 22.8 Å². The Labute approximate surface area is 133 Å². The summed E-state index contributed by atoms with van der Waals surface area (Å²) in [5.41, 5.74) is 0.745. The molecule has 0 spiro atoms. The molecule has 0 unspecified atom stereocenters. The van der Waals surface area contributed by atoms with Crippen LogP contribution in [-0.4, -0.2) is 21.4 Å². The summed E-state index contributed by atoms with van der Waals surface area (Å²) >= 11 is 0. The molecule has 0 aliphatic heterocycles. The lowest BCUT2D eigenvalue weighted by Gasteiger charge is -2.10. The third-order valence-electron chi connectivity index (χ3n) is 3.11. The summed E-state index contributed by atoms with van der Waals surface area (Å²) in [6.45, 7) is 0.142. The number of methoxy groups -OCH3 is 1. The number of nitrogens with two attached hydrogens (primary N) is 1. The highest BCUT2D eigenvalue weighted by molar-refractivity contribution is 7.89. The zero-order valence-corrected chi connectivity index (χ0v) is 13.1. The zero-order valence-electron chi connectivity index (χ0n) is 12.2. The van der Waals surface area contributed by atoms with Crippen molar-refractivity contribution in [2.45, 2.75) is 11.4 Å². The topological polar surface area (TPSA) is 98.5 Å². The molecule has 0 aliphatic carbocycles. The lowest BCUT2D eigenvalue weighted by Crippen LogP contribution is -2.23. The second-order valence-corrected chi connectivity index (χ2v) is 6.28. The van der Waals surface area contributed by atoms with Gasteiger partial charge in [-0.15, -0.1) is 0 Å². The van der Waals surface area contributed by atoms with E-state index >= 15 is 0 Å². The Bertz CT molecular complexity index is 820. The minimum absolute atomic E-state index is 0.0145. The molecule has 122 valence electrons. The molecule has 0 heterocycles.